The smallest absolute Gasteiger partial charge is 0.273 e. The zero-order chi connectivity index (χ0) is 20.8. The maximum absolute atomic E-state index is 13.7. The SMILES string of the molecule is COc1ccc(CCNC(=O)c2cn(Cc3c(F)cccc3F)nn2)c(OC)c1. The molecular weight excluding hydrogens is 382 g/mol. The second-order valence-electron chi connectivity index (χ2n) is 6.19. The van der Waals surface area contributed by atoms with Crippen molar-refractivity contribution in [2.24, 2.45) is 0 Å². The van der Waals surface area contributed by atoms with Crippen LogP contribution in [0.1, 0.15) is 21.6 Å². The third kappa shape index (κ3) is 4.87. The van der Waals surface area contributed by atoms with Crippen molar-refractivity contribution in [2.75, 3.05) is 20.8 Å². The predicted molar refractivity (Wildman–Crippen MR) is 101 cm³/mol. The Balaban J connectivity index is 1.58. The van der Waals surface area contributed by atoms with Crippen LogP contribution in [0.15, 0.2) is 42.6 Å². The van der Waals surface area contributed by atoms with E-state index < -0.39 is 17.5 Å². The molecule has 3 rings (SSSR count). The Bertz CT molecular complexity index is 987. The topological polar surface area (TPSA) is 78.3 Å². The van der Waals surface area contributed by atoms with Gasteiger partial charge in [0.15, 0.2) is 5.69 Å². The zero-order valence-corrected chi connectivity index (χ0v) is 16.0. The summed E-state index contributed by atoms with van der Waals surface area (Å²) >= 11 is 0. The summed E-state index contributed by atoms with van der Waals surface area (Å²) in [5, 5.41) is 10.3. The number of ether oxygens (including phenoxy) is 2. The monoisotopic (exact) mass is 402 g/mol. The molecule has 1 N–H and O–H groups in total. The Morgan fingerprint density at radius 2 is 1.90 bits per heavy atom. The molecule has 1 aromatic heterocycles. The van der Waals surface area contributed by atoms with Crippen LogP contribution in [-0.4, -0.2) is 41.7 Å². The Kier molecular flexibility index (Phi) is 6.38. The van der Waals surface area contributed by atoms with Crippen LogP contribution in [0.2, 0.25) is 0 Å². The molecule has 0 saturated heterocycles. The van der Waals surface area contributed by atoms with Gasteiger partial charge in [-0.2, -0.15) is 0 Å². The van der Waals surface area contributed by atoms with Gasteiger partial charge in [-0.1, -0.05) is 17.3 Å². The fourth-order valence-corrected chi connectivity index (χ4v) is 2.78. The van der Waals surface area contributed by atoms with Crippen LogP contribution >= 0.6 is 0 Å². The van der Waals surface area contributed by atoms with Crippen LogP contribution in [0.25, 0.3) is 0 Å². The highest BCUT2D eigenvalue weighted by Crippen LogP contribution is 2.24. The maximum Gasteiger partial charge on any atom is 0.273 e. The highest BCUT2D eigenvalue weighted by atomic mass is 19.1. The first kappa shape index (κ1) is 20.2. The van der Waals surface area contributed by atoms with E-state index in [9.17, 15) is 13.6 Å². The molecule has 0 aliphatic rings. The zero-order valence-electron chi connectivity index (χ0n) is 16.0. The predicted octanol–water partition coefficient (Wildman–Crippen LogP) is 2.59. The molecule has 0 radical (unpaired) electrons. The van der Waals surface area contributed by atoms with E-state index in [2.05, 4.69) is 15.6 Å². The Labute approximate surface area is 166 Å². The standard InChI is InChI=1S/C20H20F2N4O3/c1-28-14-7-6-13(19(10-14)29-2)8-9-23-20(27)18-12-26(25-24-18)11-15-16(21)4-3-5-17(15)22/h3-7,10,12H,8-9,11H2,1-2H3,(H,23,27). The van der Waals surface area contributed by atoms with E-state index in [4.69, 9.17) is 9.47 Å². The average Bonchev–Trinajstić information content (AvgIpc) is 3.19. The van der Waals surface area contributed by atoms with Gasteiger partial charge in [0.1, 0.15) is 23.1 Å². The van der Waals surface area contributed by atoms with Crippen LogP contribution < -0.4 is 14.8 Å². The van der Waals surface area contributed by atoms with Crippen molar-refractivity contribution in [3.8, 4) is 11.5 Å². The molecule has 2 aromatic carbocycles. The number of nitrogens with one attached hydrogen (secondary N) is 1. The average molecular weight is 402 g/mol. The number of hydrogen-bond acceptors (Lipinski definition) is 5. The van der Waals surface area contributed by atoms with E-state index in [1.807, 2.05) is 12.1 Å². The molecule has 1 heterocycles. The van der Waals surface area contributed by atoms with Crippen LogP contribution in [-0.2, 0) is 13.0 Å². The summed E-state index contributed by atoms with van der Waals surface area (Å²) < 4.78 is 39.2. The molecule has 152 valence electrons. The van der Waals surface area contributed by atoms with Gasteiger partial charge in [0.2, 0.25) is 0 Å². The number of amides is 1. The summed E-state index contributed by atoms with van der Waals surface area (Å²) in [5.74, 6) is -0.452. The van der Waals surface area contributed by atoms with Crippen molar-refractivity contribution in [3.05, 3.63) is 71.1 Å². The molecule has 1 amide bonds. The fraction of sp³-hybridized carbons (Fsp3) is 0.250. The Morgan fingerprint density at radius 1 is 1.14 bits per heavy atom. The van der Waals surface area contributed by atoms with Crippen LogP contribution in [0.3, 0.4) is 0 Å². The van der Waals surface area contributed by atoms with Crippen LogP contribution in [0.5, 0.6) is 11.5 Å². The molecule has 0 bridgehead atoms. The lowest BCUT2D eigenvalue weighted by Crippen LogP contribution is -2.26. The third-order valence-corrected chi connectivity index (χ3v) is 4.33. The van der Waals surface area contributed by atoms with Gasteiger partial charge in [0.05, 0.1) is 27.0 Å². The van der Waals surface area contributed by atoms with Crippen molar-refractivity contribution >= 4 is 5.91 Å². The number of methoxy groups -OCH3 is 2. The third-order valence-electron chi connectivity index (χ3n) is 4.33. The normalized spacial score (nSPS) is 10.6. The van der Waals surface area contributed by atoms with Crippen molar-refractivity contribution in [1.29, 1.82) is 0 Å². The number of hydrogen-bond donors (Lipinski definition) is 1. The maximum atomic E-state index is 13.7. The number of carbonyl (C=O) groups is 1. The molecule has 0 aliphatic heterocycles. The Morgan fingerprint density at radius 3 is 2.59 bits per heavy atom. The fourth-order valence-electron chi connectivity index (χ4n) is 2.78. The van der Waals surface area contributed by atoms with Crippen molar-refractivity contribution in [2.45, 2.75) is 13.0 Å². The summed E-state index contributed by atoms with van der Waals surface area (Å²) in [6.45, 7) is 0.179. The van der Waals surface area contributed by atoms with Crippen molar-refractivity contribution in [1.82, 2.24) is 20.3 Å². The molecule has 0 aliphatic carbocycles. The lowest BCUT2D eigenvalue weighted by molar-refractivity contribution is 0.0949. The van der Waals surface area contributed by atoms with Gasteiger partial charge >= 0.3 is 0 Å². The van der Waals surface area contributed by atoms with Gasteiger partial charge in [0, 0.05) is 18.2 Å². The summed E-state index contributed by atoms with van der Waals surface area (Å²) in [5.41, 5.74) is 0.826. The van der Waals surface area contributed by atoms with E-state index in [0.717, 1.165) is 17.7 Å². The second kappa shape index (κ2) is 9.13. The molecule has 3 aromatic rings. The summed E-state index contributed by atoms with van der Waals surface area (Å²) in [6, 6.07) is 9.06. The molecule has 0 unspecified atom stereocenters. The van der Waals surface area contributed by atoms with E-state index in [-0.39, 0.29) is 17.8 Å². The number of aromatic nitrogens is 3. The first-order chi connectivity index (χ1) is 14.0. The minimum absolute atomic E-state index is 0.0587. The van der Waals surface area contributed by atoms with Crippen LogP contribution in [0.4, 0.5) is 8.78 Å². The highest BCUT2D eigenvalue weighted by molar-refractivity contribution is 5.91. The second-order valence-corrected chi connectivity index (χ2v) is 6.19. The van der Waals surface area contributed by atoms with E-state index in [1.54, 1.807) is 20.3 Å². The molecule has 29 heavy (non-hydrogen) atoms. The van der Waals surface area contributed by atoms with Gasteiger partial charge in [-0.05, 0) is 30.2 Å². The molecule has 7 nitrogen and oxygen atoms in total. The van der Waals surface area contributed by atoms with Crippen molar-refractivity contribution in [3.63, 3.8) is 0 Å². The first-order valence-electron chi connectivity index (χ1n) is 8.84. The van der Waals surface area contributed by atoms with Gasteiger partial charge in [-0.15, -0.1) is 5.10 Å². The molecular formula is C20H20F2N4O3. The highest BCUT2D eigenvalue weighted by Gasteiger charge is 2.14. The summed E-state index contributed by atoms with van der Waals surface area (Å²) in [6.07, 6.45) is 1.88. The molecule has 0 atom stereocenters. The number of rotatable bonds is 8. The molecule has 0 fully saturated rings. The lowest BCUT2D eigenvalue weighted by atomic mass is 10.1. The van der Waals surface area contributed by atoms with E-state index >= 15 is 0 Å². The molecule has 9 heteroatoms. The quantitative estimate of drug-likeness (QED) is 0.627. The molecule has 0 saturated carbocycles. The number of nitrogens with zero attached hydrogens (tertiary/aromatic N) is 3. The Hall–Kier alpha value is -3.49. The number of benzene rings is 2. The van der Waals surface area contributed by atoms with E-state index in [1.165, 1.54) is 16.9 Å². The molecule has 0 spiro atoms. The van der Waals surface area contributed by atoms with Gasteiger partial charge in [-0.25, -0.2) is 13.5 Å². The van der Waals surface area contributed by atoms with Gasteiger partial charge in [0.25, 0.3) is 5.91 Å². The van der Waals surface area contributed by atoms with E-state index in [0.29, 0.717) is 24.5 Å². The van der Waals surface area contributed by atoms with Gasteiger partial charge in [-0.3, -0.25) is 4.79 Å². The summed E-state index contributed by atoms with van der Waals surface area (Å²) in [7, 11) is 3.13. The largest absolute Gasteiger partial charge is 0.497 e. The first-order valence-corrected chi connectivity index (χ1v) is 8.84. The number of halogens is 2. The lowest BCUT2D eigenvalue weighted by Gasteiger charge is -2.10. The van der Waals surface area contributed by atoms with Crippen LogP contribution in [0, 0.1) is 11.6 Å². The summed E-state index contributed by atoms with van der Waals surface area (Å²) in [4.78, 5) is 12.3. The number of carbonyl (C=O) groups excluding carboxylic acids is 1. The minimum atomic E-state index is -0.681. The van der Waals surface area contributed by atoms with Crippen molar-refractivity contribution < 1.29 is 23.0 Å². The minimum Gasteiger partial charge on any atom is -0.497 e. The van der Waals surface area contributed by atoms with Gasteiger partial charge < -0.3 is 14.8 Å².